The SMILES string of the molecule is CCc1cccc2sc(N(Cc3cccnc3)C(=O)Cc3cc(C)ccc3C)nc12. The molecule has 0 bridgehead atoms. The van der Waals surface area contributed by atoms with Crippen molar-refractivity contribution < 1.29 is 4.79 Å². The number of aryl methyl sites for hydroxylation is 3. The topological polar surface area (TPSA) is 46.1 Å². The molecule has 0 aliphatic carbocycles. The molecule has 152 valence electrons. The Hall–Kier alpha value is -3.05. The largest absolute Gasteiger partial charge is 0.283 e. The number of rotatable bonds is 6. The van der Waals surface area contributed by atoms with Crippen LogP contribution in [-0.2, 0) is 24.2 Å². The number of hydrogen-bond donors (Lipinski definition) is 0. The number of nitrogens with zero attached hydrogens (tertiary/aromatic N) is 3. The summed E-state index contributed by atoms with van der Waals surface area (Å²) in [7, 11) is 0. The van der Waals surface area contributed by atoms with Crippen molar-refractivity contribution in [3.63, 3.8) is 0 Å². The van der Waals surface area contributed by atoms with Gasteiger partial charge >= 0.3 is 0 Å². The van der Waals surface area contributed by atoms with E-state index in [-0.39, 0.29) is 5.91 Å². The maximum Gasteiger partial charge on any atom is 0.233 e. The monoisotopic (exact) mass is 415 g/mol. The summed E-state index contributed by atoms with van der Waals surface area (Å²) in [4.78, 5) is 24.4. The number of thiazole rings is 1. The van der Waals surface area contributed by atoms with E-state index in [1.807, 2.05) is 23.2 Å². The summed E-state index contributed by atoms with van der Waals surface area (Å²) in [6.45, 7) is 6.70. The van der Waals surface area contributed by atoms with Crippen LogP contribution in [0.2, 0.25) is 0 Å². The lowest BCUT2D eigenvalue weighted by Gasteiger charge is -2.20. The van der Waals surface area contributed by atoms with Crippen molar-refractivity contribution in [2.24, 2.45) is 0 Å². The molecular weight excluding hydrogens is 390 g/mol. The lowest BCUT2D eigenvalue weighted by atomic mass is 10.0. The van der Waals surface area contributed by atoms with Crippen LogP contribution >= 0.6 is 11.3 Å². The fraction of sp³-hybridized carbons (Fsp3) is 0.240. The van der Waals surface area contributed by atoms with E-state index in [0.717, 1.165) is 44.0 Å². The van der Waals surface area contributed by atoms with Gasteiger partial charge in [0.1, 0.15) is 0 Å². The van der Waals surface area contributed by atoms with Gasteiger partial charge in [-0.25, -0.2) is 4.98 Å². The normalized spacial score (nSPS) is 11.0. The van der Waals surface area contributed by atoms with Crippen LogP contribution in [0.25, 0.3) is 10.2 Å². The standard InChI is InChI=1S/C25H25N3OS/c1-4-20-8-5-9-22-24(20)27-25(30-22)28(16-19-7-6-12-26-15-19)23(29)14-21-13-17(2)10-11-18(21)3/h5-13,15H,4,14,16H2,1-3H3. The van der Waals surface area contributed by atoms with E-state index >= 15 is 0 Å². The maximum absolute atomic E-state index is 13.5. The summed E-state index contributed by atoms with van der Waals surface area (Å²) in [6, 6.07) is 16.4. The molecule has 4 rings (SSSR count). The van der Waals surface area contributed by atoms with Crippen molar-refractivity contribution in [1.29, 1.82) is 0 Å². The van der Waals surface area contributed by atoms with Gasteiger partial charge in [0.05, 0.1) is 23.2 Å². The number of anilines is 1. The van der Waals surface area contributed by atoms with Crippen LogP contribution in [0, 0.1) is 13.8 Å². The molecule has 0 N–H and O–H groups in total. The summed E-state index contributed by atoms with van der Waals surface area (Å²) in [6.07, 6.45) is 4.82. The Kier molecular flexibility index (Phi) is 5.91. The summed E-state index contributed by atoms with van der Waals surface area (Å²) >= 11 is 1.57. The van der Waals surface area contributed by atoms with Crippen molar-refractivity contribution in [1.82, 2.24) is 9.97 Å². The minimum atomic E-state index is 0.0460. The maximum atomic E-state index is 13.5. The van der Waals surface area contributed by atoms with Gasteiger partial charge in [-0.3, -0.25) is 14.7 Å². The van der Waals surface area contributed by atoms with Crippen molar-refractivity contribution in [2.45, 2.75) is 40.2 Å². The van der Waals surface area contributed by atoms with E-state index in [9.17, 15) is 4.79 Å². The van der Waals surface area contributed by atoms with E-state index in [1.165, 1.54) is 5.56 Å². The first-order valence-corrected chi connectivity index (χ1v) is 11.0. The van der Waals surface area contributed by atoms with Gasteiger partial charge in [-0.05, 0) is 54.7 Å². The zero-order chi connectivity index (χ0) is 21.1. The Bertz CT molecular complexity index is 1180. The second kappa shape index (κ2) is 8.76. The van der Waals surface area contributed by atoms with Gasteiger partial charge in [-0.1, -0.05) is 60.2 Å². The average Bonchev–Trinajstić information content (AvgIpc) is 3.19. The zero-order valence-corrected chi connectivity index (χ0v) is 18.4. The third-order valence-electron chi connectivity index (χ3n) is 5.31. The fourth-order valence-corrected chi connectivity index (χ4v) is 4.61. The van der Waals surface area contributed by atoms with Gasteiger partial charge < -0.3 is 0 Å². The van der Waals surface area contributed by atoms with E-state index < -0.39 is 0 Å². The summed E-state index contributed by atoms with van der Waals surface area (Å²) < 4.78 is 1.11. The Morgan fingerprint density at radius 2 is 1.93 bits per heavy atom. The smallest absolute Gasteiger partial charge is 0.233 e. The lowest BCUT2D eigenvalue weighted by Crippen LogP contribution is -2.32. The first-order chi connectivity index (χ1) is 14.5. The van der Waals surface area contributed by atoms with E-state index in [0.29, 0.717) is 13.0 Å². The molecule has 0 aliphatic rings. The van der Waals surface area contributed by atoms with Crippen molar-refractivity contribution in [3.05, 3.63) is 88.7 Å². The van der Waals surface area contributed by atoms with E-state index in [1.54, 1.807) is 17.5 Å². The number of amides is 1. The molecule has 0 saturated carbocycles. The highest BCUT2D eigenvalue weighted by atomic mass is 32.1. The second-order valence-electron chi connectivity index (χ2n) is 7.56. The van der Waals surface area contributed by atoms with Crippen LogP contribution in [0.1, 0.15) is 34.7 Å². The van der Waals surface area contributed by atoms with Gasteiger partial charge in [0.2, 0.25) is 5.91 Å². The Labute approximate surface area is 181 Å². The summed E-state index contributed by atoms with van der Waals surface area (Å²) in [5.41, 5.74) is 6.55. The molecule has 0 aliphatic heterocycles. The molecule has 0 spiro atoms. The number of carbonyl (C=O) groups is 1. The first kappa shape index (κ1) is 20.2. The Morgan fingerprint density at radius 3 is 2.70 bits per heavy atom. The highest BCUT2D eigenvalue weighted by molar-refractivity contribution is 7.22. The van der Waals surface area contributed by atoms with Crippen LogP contribution in [-0.4, -0.2) is 15.9 Å². The number of pyridine rings is 1. The fourth-order valence-electron chi connectivity index (χ4n) is 3.58. The minimum absolute atomic E-state index is 0.0460. The van der Waals surface area contributed by atoms with Gasteiger partial charge in [0.15, 0.2) is 5.13 Å². The molecule has 4 aromatic rings. The van der Waals surface area contributed by atoms with Crippen LogP contribution < -0.4 is 4.90 Å². The van der Waals surface area contributed by atoms with Gasteiger partial charge in [-0.2, -0.15) is 0 Å². The third kappa shape index (κ3) is 4.26. The summed E-state index contributed by atoms with van der Waals surface area (Å²) in [5.74, 6) is 0.0460. The molecule has 0 saturated heterocycles. The minimum Gasteiger partial charge on any atom is -0.283 e. The van der Waals surface area contributed by atoms with Crippen molar-refractivity contribution in [3.8, 4) is 0 Å². The second-order valence-corrected chi connectivity index (χ2v) is 8.57. The highest BCUT2D eigenvalue weighted by Crippen LogP contribution is 2.32. The number of para-hydroxylation sites is 1. The molecule has 0 atom stereocenters. The van der Waals surface area contributed by atoms with Crippen LogP contribution in [0.5, 0.6) is 0 Å². The zero-order valence-electron chi connectivity index (χ0n) is 17.6. The van der Waals surface area contributed by atoms with Gasteiger partial charge in [0.25, 0.3) is 0 Å². The molecule has 0 fully saturated rings. The third-order valence-corrected chi connectivity index (χ3v) is 6.36. The van der Waals surface area contributed by atoms with Crippen LogP contribution in [0.15, 0.2) is 60.9 Å². The number of fused-ring (bicyclic) bond motifs is 1. The average molecular weight is 416 g/mol. The molecule has 4 nitrogen and oxygen atoms in total. The van der Waals surface area contributed by atoms with Crippen molar-refractivity contribution >= 4 is 32.6 Å². The molecule has 2 heterocycles. The number of benzene rings is 2. The predicted octanol–water partition coefficient (Wildman–Crippen LogP) is 5.65. The molecule has 30 heavy (non-hydrogen) atoms. The molecule has 1 amide bonds. The predicted molar refractivity (Wildman–Crippen MR) is 124 cm³/mol. The van der Waals surface area contributed by atoms with Crippen LogP contribution in [0.4, 0.5) is 5.13 Å². The van der Waals surface area contributed by atoms with Crippen molar-refractivity contribution in [2.75, 3.05) is 4.90 Å². The molecule has 5 heteroatoms. The molecule has 2 aromatic carbocycles. The first-order valence-electron chi connectivity index (χ1n) is 10.2. The lowest BCUT2D eigenvalue weighted by molar-refractivity contribution is -0.118. The Balaban J connectivity index is 1.72. The molecule has 2 aromatic heterocycles. The Morgan fingerprint density at radius 1 is 1.07 bits per heavy atom. The quantitative estimate of drug-likeness (QED) is 0.409. The number of hydrogen-bond acceptors (Lipinski definition) is 4. The highest BCUT2D eigenvalue weighted by Gasteiger charge is 2.22. The van der Waals surface area contributed by atoms with Gasteiger partial charge in [-0.15, -0.1) is 0 Å². The van der Waals surface area contributed by atoms with E-state index in [4.69, 9.17) is 4.98 Å². The van der Waals surface area contributed by atoms with E-state index in [2.05, 4.69) is 62.2 Å². The number of carbonyl (C=O) groups excluding carboxylic acids is 1. The molecular formula is C25H25N3OS. The van der Waals surface area contributed by atoms with Gasteiger partial charge in [0, 0.05) is 12.4 Å². The number of aromatic nitrogens is 2. The molecule has 0 unspecified atom stereocenters. The summed E-state index contributed by atoms with van der Waals surface area (Å²) in [5, 5.41) is 0.741. The molecule has 0 radical (unpaired) electrons. The van der Waals surface area contributed by atoms with Crippen LogP contribution in [0.3, 0.4) is 0 Å².